The molecule has 2 aliphatic carbocycles. The monoisotopic (exact) mass is 552 g/mol. The zero-order valence-electron chi connectivity index (χ0n) is 23.8. The number of hydrogen-bond acceptors (Lipinski definition) is 5. The maximum atomic E-state index is 13.7. The fourth-order valence-corrected chi connectivity index (χ4v) is 7.08. The molecule has 6 nitrogen and oxygen atoms in total. The molecular formula is C34H37FN4O2. The summed E-state index contributed by atoms with van der Waals surface area (Å²) in [6.45, 7) is 6.68. The van der Waals surface area contributed by atoms with Crippen molar-refractivity contribution in [3.8, 4) is 0 Å². The third kappa shape index (κ3) is 5.17. The average molecular weight is 553 g/mol. The van der Waals surface area contributed by atoms with E-state index in [2.05, 4.69) is 51.4 Å². The van der Waals surface area contributed by atoms with Crippen molar-refractivity contribution in [2.75, 3.05) is 44.7 Å². The van der Waals surface area contributed by atoms with E-state index in [0.717, 1.165) is 74.2 Å². The van der Waals surface area contributed by atoms with Crippen LogP contribution < -0.4 is 10.2 Å². The normalized spacial score (nSPS) is 21.2. The van der Waals surface area contributed by atoms with Gasteiger partial charge in [-0.1, -0.05) is 42.0 Å². The van der Waals surface area contributed by atoms with Gasteiger partial charge in [0.1, 0.15) is 5.82 Å². The molecule has 2 saturated heterocycles. The number of pyridine rings is 1. The minimum Gasteiger partial charge on any atom is -0.371 e. The number of allylic oxidation sites excluding steroid dienone is 1. The quantitative estimate of drug-likeness (QED) is 0.431. The van der Waals surface area contributed by atoms with Crippen LogP contribution in [0.25, 0.3) is 5.57 Å². The molecule has 0 bridgehead atoms. The van der Waals surface area contributed by atoms with Gasteiger partial charge in [-0.3, -0.25) is 9.78 Å². The number of ether oxygens (including phenoxy) is 1. The van der Waals surface area contributed by atoms with Gasteiger partial charge in [0.2, 0.25) is 0 Å². The van der Waals surface area contributed by atoms with Crippen LogP contribution in [0.3, 0.4) is 0 Å². The first-order valence-electron chi connectivity index (χ1n) is 14.7. The third-order valence-corrected chi connectivity index (χ3v) is 9.33. The Morgan fingerprint density at radius 3 is 2.32 bits per heavy atom. The van der Waals surface area contributed by atoms with Crippen molar-refractivity contribution in [3.63, 3.8) is 0 Å². The third-order valence-electron chi connectivity index (χ3n) is 9.33. The Labute approximate surface area is 241 Å². The molecule has 7 heteroatoms. The maximum Gasteiger partial charge on any atom is 0.253 e. The summed E-state index contributed by atoms with van der Waals surface area (Å²) < 4.78 is 19.7. The number of carbonyl (C=O) groups is 1. The molecule has 212 valence electrons. The summed E-state index contributed by atoms with van der Waals surface area (Å²) in [5, 5.41) is 3.15. The summed E-state index contributed by atoms with van der Waals surface area (Å²) in [5.41, 5.74) is 7.84. The van der Waals surface area contributed by atoms with Crippen molar-refractivity contribution in [3.05, 3.63) is 101 Å². The molecule has 3 heterocycles. The van der Waals surface area contributed by atoms with E-state index < -0.39 is 0 Å². The lowest BCUT2D eigenvalue weighted by Crippen LogP contribution is -2.58. The van der Waals surface area contributed by atoms with Crippen LogP contribution in [0.4, 0.5) is 10.1 Å². The first-order valence-corrected chi connectivity index (χ1v) is 14.7. The number of rotatable bonds is 6. The van der Waals surface area contributed by atoms with Gasteiger partial charge in [0.15, 0.2) is 0 Å². The summed E-state index contributed by atoms with van der Waals surface area (Å²) in [6.07, 6.45) is 7.87. The van der Waals surface area contributed by atoms with Crippen LogP contribution in [0.2, 0.25) is 0 Å². The standard InChI is InChI=1S/C34H37FN4O2/c1-23(37-32(40)27-15-30(19-36-18-27)39-13-14-41-34(22-39)11-12-34)24-3-5-25(6-4-24)31(26-7-9-29(35)10-8-26)28-16-33(17-28)20-38(2)21-33/h3-10,15,18-19,23H,11-14,16-17,20-22H2,1-2H3,(H,37,40)/t23-/m1/s1. The number of hydrogen-bond donors (Lipinski definition) is 1. The molecule has 1 atom stereocenters. The lowest BCUT2D eigenvalue weighted by atomic mass is 9.59. The minimum absolute atomic E-state index is 0.0116. The van der Waals surface area contributed by atoms with Gasteiger partial charge in [-0.15, -0.1) is 0 Å². The molecule has 4 aliphatic rings. The van der Waals surface area contributed by atoms with E-state index in [4.69, 9.17) is 4.74 Å². The number of amides is 1. The number of anilines is 1. The Hall–Kier alpha value is -3.55. The number of carbonyl (C=O) groups excluding carboxylic acids is 1. The Morgan fingerprint density at radius 1 is 0.976 bits per heavy atom. The zero-order chi connectivity index (χ0) is 28.2. The van der Waals surface area contributed by atoms with Gasteiger partial charge in [0.25, 0.3) is 5.91 Å². The van der Waals surface area contributed by atoms with Crippen LogP contribution in [0.5, 0.6) is 0 Å². The van der Waals surface area contributed by atoms with E-state index in [1.165, 1.54) is 11.1 Å². The van der Waals surface area contributed by atoms with E-state index in [1.807, 2.05) is 31.3 Å². The minimum atomic E-state index is -0.221. The fraction of sp³-hybridized carbons (Fsp3) is 0.412. The molecule has 3 aromatic rings. The van der Waals surface area contributed by atoms with Gasteiger partial charge in [-0.25, -0.2) is 4.39 Å². The lowest BCUT2D eigenvalue weighted by Gasteiger charge is -2.56. The molecule has 2 spiro atoms. The van der Waals surface area contributed by atoms with Crippen molar-refractivity contribution >= 4 is 17.2 Å². The largest absolute Gasteiger partial charge is 0.371 e. The second-order valence-corrected chi connectivity index (χ2v) is 12.7. The molecule has 0 radical (unpaired) electrons. The highest BCUT2D eigenvalue weighted by molar-refractivity contribution is 5.95. The van der Waals surface area contributed by atoms with E-state index in [-0.39, 0.29) is 23.4 Å². The van der Waals surface area contributed by atoms with Crippen molar-refractivity contribution < 1.29 is 13.9 Å². The number of nitrogens with one attached hydrogen (secondary N) is 1. The first kappa shape index (κ1) is 26.4. The summed E-state index contributed by atoms with van der Waals surface area (Å²) in [5.74, 6) is -0.356. The number of halogens is 1. The summed E-state index contributed by atoms with van der Waals surface area (Å²) >= 11 is 0. The highest BCUT2D eigenvalue weighted by Gasteiger charge is 2.49. The Bertz CT molecular complexity index is 1480. The molecule has 1 amide bonds. The summed E-state index contributed by atoms with van der Waals surface area (Å²) in [6, 6.07) is 17.1. The molecule has 41 heavy (non-hydrogen) atoms. The van der Waals surface area contributed by atoms with Crippen molar-refractivity contribution in [1.82, 2.24) is 15.2 Å². The molecular weight excluding hydrogens is 515 g/mol. The van der Waals surface area contributed by atoms with E-state index in [0.29, 0.717) is 17.6 Å². The van der Waals surface area contributed by atoms with Gasteiger partial charge in [0.05, 0.1) is 35.7 Å². The van der Waals surface area contributed by atoms with E-state index in [1.54, 1.807) is 18.3 Å². The molecule has 1 aromatic heterocycles. The first-order chi connectivity index (χ1) is 19.8. The van der Waals surface area contributed by atoms with E-state index in [9.17, 15) is 9.18 Å². The number of morpholine rings is 1. The summed E-state index contributed by atoms with van der Waals surface area (Å²) in [7, 11) is 2.17. The van der Waals surface area contributed by atoms with Crippen LogP contribution in [0, 0.1) is 11.2 Å². The van der Waals surface area contributed by atoms with Gasteiger partial charge in [0, 0.05) is 37.8 Å². The number of benzene rings is 2. The highest BCUT2D eigenvalue weighted by atomic mass is 19.1. The topological polar surface area (TPSA) is 57.7 Å². The SMILES string of the molecule is C[C@@H](NC(=O)c1cncc(N2CCOC3(CC3)C2)c1)c1ccc(C(=C2CC3(C2)CN(C)C3)c2ccc(F)cc2)cc1. The Kier molecular flexibility index (Phi) is 6.47. The number of likely N-dealkylation sites (tertiary alicyclic amines) is 1. The number of aromatic nitrogens is 1. The van der Waals surface area contributed by atoms with Gasteiger partial charge in [-0.2, -0.15) is 0 Å². The van der Waals surface area contributed by atoms with Crippen molar-refractivity contribution in [2.24, 2.45) is 5.41 Å². The van der Waals surface area contributed by atoms with Crippen LogP contribution in [0.1, 0.15) is 65.7 Å². The molecule has 0 unspecified atom stereocenters. The molecule has 7 rings (SSSR count). The fourth-order valence-electron chi connectivity index (χ4n) is 7.08. The Balaban J connectivity index is 1.06. The van der Waals surface area contributed by atoms with Crippen LogP contribution in [0.15, 0.2) is 72.6 Å². The smallest absolute Gasteiger partial charge is 0.253 e. The Morgan fingerprint density at radius 2 is 1.66 bits per heavy atom. The van der Waals surface area contributed by atoms with Crippen LogP contribution in [-0.2, 0) is 4.74 Å². The molecule has 2 aromatic carbocycles. The number of nitrogens with zero attached hydrogens (tertiary/aromatic N) is 3. The lowest BCUT2D eigenvalue weighted by molar-refractivity contribution is -0.0106. The second-order valence-electron chi connectivity index (χ2n) is 12.7. The molecule has 4 fully saturated rings. The predicted octanol–water partition coefficient (Wildman–Crippen LogP) is 5.61. The van der Waals surface area contributed by atoms with Crippen LogP contribution in [-0.4, -0.2) is 61.2 Å². The summed E-state index contributed by atoms with van der Waals surface area (Å²) in [4.78, 5) is 22.2. The van der Waals surface area contributed by atoms with Gasteiger partial charge >= 0.3 is 0 Å². The highest BCUT2D eigenvalue weighted by Crippen LogP contribution is 2.54. The maximum absolute atomic E-state index is 13.7. The van der Waals surface area contributed by atoms with Crippen molar-refractivity contribution in [1.29, 1.82) is 0 Å². The van der Waals surface area contributed by atoms with Crippen molar-refractivity contribution in [2.45, 2.75) is 44.2 Å². The molecule has 2 saturated carbocycles. The molecule has 1 N–H and O–H groups in total. The second kappa shape index (κ2) is 10.1. The van der Waals surface area contributed by atoms with E-state index >= 15 is 0 Å². The van der Waals surface area contributed by atoms with Gasteiger partial charge in [-0.05, 0) is 80.1 Å². The predicted molar refractivity (Wildman–Crippen MR) is 158 cm³/mol. The van der Waals surface area contributed by atoms with Gasteiger partial charge < -0.3 is 19.9 Å². The average Bonchev–Trinajstić information content (AvgIpc) is 3.70. The van der Waals surface area contributed by atoms with Crippen LogP contribution >= 0.6 is 0 Å². The zero-order valence-corrected chi connectivity index (χ0v) is 23.8. The molecule has 2 aliphatic heterocycles.